The summed E-state index contributed by atoms with van der Waals surface area (Å²) in [6.45, 7) is 4.03. The summed E-state index contributed by atoms with van der Waals surface area (Å²) in [6.07, 6.45) is 2.95. The molecule has 0 aromatic heterocycles. The fourth-order valence-corrected chi connectivity index (χ4v) is 2.75. The van der Waals surface area contributed by atoms with E-state index in [0.29, 0.717) is 6.42 Å². The first kappa shape index (κ1) is 15.8. The Morgan fingerprint density at radius 1 is 1.24 bits per heavy atom. The van der Waals surface area contributed by atoms with Crippen LogP contribution in [0.1, 0.15) is 18.4 Å². The molecule has 0 spiro atoms. The third kappa shape index (κ3) is 5.04. The van der Waals surface area contributed by atoms with Gasteiger partial charge >= 0.3 is 0 Å². The number of nitrogens with zero attached hydrogens (tertiary/aromatic N) is 3. The number of rotatable bonds is 6. The number of hydrogen-bond acceptors (Lipinski definition) is 4. The van der Waals surface area contributed by atoms with Crippen LogP contribution in [0.5, 0.6) is 5.75 Å². The maximum Gasteiger partial charge on any atom is 0.119 e. The van der Waals surface area contributed by atoms with E-state index in [1.54, 1.807) is 0 Å². The van der Waals surface area contributed by atoms with Crippen molar-refractivity contribution in [3.63, 3.8) is 0 Å². The monoisotopic (exact) mass is 287 g/mol. The molecule has 1 saturated heterocycles. The van der Waals surface area contributed by atoms with Gasteiger partial charge in [-0.3, -0.25) is 4.90 Å². The Balaban J connectivity index is 1.67. The predicted molar refractivity (Wildman–Crippen MR) is 84.4 cm³/mol. The normalized spacial score (nSPS) is 16.9. The van der Waals surface area contributed by atoms with Crippen LogP contribution in [0.4, 0.5) is 0 Å². The van der Waals surface area contributed by atoms with Crippen LogP contribution in [0.3, 0.4) is 0 Å². The molecule has 21 heavy (non-hydrogen) atoms. The van der Waals surface area contributed by atoms with E-state index in [0.717, 1.165) is 43.6 Å². The van der Waals surface area contributed by atoms with E-state index >= 15 is 0 Å². The summed E-state index contributed by atoms with van der Waals surface area (Å²) in [6, 6.07) is 10.7. The topological polar surface area (TPSA) is 39.5 Å². The molecular formula is C17H25N3O. The molecule has 1 aromatic carbocycles. The van der Waals surface area contributed by atoms with E-state index in [4.69, 9.17) is 10.00 Å². The SMILES string of the molecule is CN(C)C1CCN(CCOc2ccc(CC#N)cc2)CC1. The summed E-state index contributed by atoms with van der Waals surface area (Å²) in [5, 5.41) is 8.64. The van der Waals surface area contributed by atoms with Crippen LogP contribution in [0.15, 0.2) is 24.3 Å². The lowest BCUT2D eigenvalue weighted by atomic mass is 10.0. The van der Waals surface area contributed by atoms with Gasteiger partial charge in [0.1, 0.15) is 12.4 Å². The minimum Gasteiger partial charge on any atom is -0.492 e. The van der Waals surface area contributed by atoms with Crippen LogP contribution in [0, 0.1) is 11.3 Å². The first-order valence-electron chi connectivity index (χ1n) is 7.66. The highest BCUT2D eigenvalue weighted by molar-refractivity contribution is 5.28. The van der Waals surface area contributed by atoms with Crippen LogP contribution in [-0.4, -0.2) is 56.2 Å². The van der Waals surface area contributed by atoms with Crippen molar-refractivity contribution in [1.82, 2.24) is 9.80 Å². The highest BCUT2D eigenvalue weighted by Gasteiger charge is 2.20. The molecule has 0 bridgehead atoms. The van der Waals surface area contributed by atoms with Crippen LogP contribution < -0.4 is 4.74 Å². The summed E-state index contributed by atoms with van der Waals surface area (Å²) in [7, 11) is 4.33. The van der Waals surface area contributed by atoms with Gasteiger partial charge in [0.05, 0.1) is 12.5 Å². The second-order valence-corrected chi connectivity index (χ2v) is 5.86. The Hall–Kier alpha value is -1.57. The molecule has 0 aliphatic carbocycles. The highest BCUT2D eigenvalue weighted by atomic mass is 16.5. The zero-order chi connectivity index (χ0) is 15.1. The van der Waals surface area contributed by atoms with E-state index in [1.165, 1.54) is 12.8 Å². The minimum atomic E-state index is 0.459. The molecule has 0 unspecified atom stereocenters. The third-order valence-corrected chi connectivity index (χ3v) is 4.17. The van der Waals surface area contributed by atoms with Gasteiger partial charge in [-0.2, -0.15) is 5.26 Å². The number of piperidine rings is 1. The van der Waals surface area contributed by atoms with Crippen LogP contribution >= 0.6 is 0 Å². The molecule has 1 fully saturated rings. The second-order valence-electron chi connectivity index (χ2n) is 5.86. The molecule has 1 heterocycles. The largest absolute Gasteiger partial charge is 0.492 e. The summed E-state index contributed by atoms with van der Waals surface area (Å²) in [5.74, 6) is 0.889. The molecule has 0 radical (unpaired) electrons. The Kier molecular flexibility index (Phi) is 6.04. The Morgan fingerprint density at radius 3 is 2.48 bits per heavy atom. The quantitative estimate of drug-likeness (QED) is 0.804. The molecule has 114 valence electrons. The van der Waals surface area contributed by atoms with E-state index in [2.05, 4.69) is 30.0 Å². The molecule has 1 aliphatic heterocycles. The maximum absolute atomic E-state index is 8.64. The van der Waals surface area contributed by atoms with E-state index in [9.17, 15) is 0 Å². The number of likely N-dealkylation sites (tertiary alicyclic amines) is 1. The summed E-state index contributed by atoms with van der Waals surface area (Å²) >= 11 is 0. The summed E-state index contributed by atoms with van der Waals surface area (Å²) in [5.41, 5.74) is 1.04. The maximum atomic E-state index is 8.64. The molecule has 0 N–H and O–H groups in total. The zero-order valence-electron chi connectivity index (χ0n) is 13.1. The highest BCUT2D eigenvalue weighted by Crippen LogP contribution is 2.15. The molecular weight excluding hydrogens is 262 g/mol. The standard InChI is InChI=1S/C17H25N3O/c1-19(2)16-8-11-20(12-9-16)13-14-21-17-5-3-15(4-6-17)7-10-18/h3-6,16H,7-9,11-14H2,1-2H3. The van der Waals surface area contributed by atoms with Crippen LogP contribution in [0.2, 0.25) is 0 Å². The van der Waals surface area contributed by atoms with Crippen LogP contribution in [0.25, 0.3) is 0 Å². The van der Waals surface area contributed by atoms with E-state index < -0.39 is 0 Å². The van der Waals surface area contributed by atoms with Crippen molar-refractivity contribution in [3.8, 4) is 11.8 Å². The van der Waals surface area contributed by atoms with Gasteiger partial charge in [-0.25, -0.2) is 0 Å². The van der Waals surface area contributed by atoms with Gasteiger partial charge in [-0.05, 0) is 57.7 Å². The van der Waals surface area contributed by atoms with Crippen molar-refractivity contribution in [2.75, 3.05) is 40.3 Å². The Bertz CT molecular complexity index is 456. The number of ether oxygens (including phenoxy) is 1. The number of hydrogen-bond donors (Lipinski definition) is 0. The first-order chi connectivity index (χ1) is 10.2. The van der Waals surface area contributed by atoms with Gasteiger partial charge in [-0.1, -0.05) is 12.1 Å². The molecule has 0 amide bonds. The minimum absolute atomic E-state index is 0.459. The lowest BCUT2D eigenvalue weighted by molar-refractivity contribution is 0.128. The molecule has 2 rings (SSSR count). The Labute approximate surface area is 127 Å². The fourth-order valence-electron chi connectivity index (χ4n) is 2.75. The smallest absolute Gasteiger partial charge is 0.119 e. The number of nitriles is 1. The third-order valence-electron chi connectivity index (χ3n) is 4.17. The van der Waals surface area contributed by atoms with Crippen molar-refractivity contribution in [3.05, 3.63) is 29.8 Å². The predicted octanol–water partition coefficient (Wildman–Crippen LogP) is 2.16. The van der Waals surface area contributed by atoms with Crippen LogP contribution in [-0.2, 0) is 6.42 Å². The van der Waals surface area contributed by atoms with E-state index in [1.807, 2.05) is 24.3 Å². The lowest BCUT2D eigenvalue weighted by Crippen LogP contribution is -2.43. The van der Waals surface area contributed by atoms with Crippen molar-refractivity contribution in [2.45, 2.75) is 25.3 Å². The van der Waals surface area contributed by atoms with Gasteiger partial charge in [-0.15, -0.1) is 0 Å². The molecule has 4 heteroatoms. The summed E-state index contributed by atoms with van der Waals surface area (Å²) in [4.78, 5) is 4.81. The average molecular weight is 287 g/mol. The summed E-state index contributed by atoms with van der Waals surface area (Å²) < 4.78 is 5.78. The van der Waals surface area contributed by atoms with Crippen molar-refractivity contribution in [1.29, 1.82) is 5.26 Å². The molecule has 1 aromatic rings. The fraction of sp³-hybridized carbons (Fsp3) is 0.588. The van der Waals surface area contributed by atoms with E-state index in [-0.39, 0.29) is 0 Å². The average Bonchev–Trinajstić information content (AvgIpc) is 2.50. The van der Waals surface area contributed by atoms with Crippen molar-refractivity contribution >= 4 is 0 Å². The Morgan fingerprint density at radius 2 is 1.90 bits per heavy atom. The number of benzene rings is 1. The van der Waals surface area contributed by atoms with Gasteiger partial charge in [0.25, 0.3) is 0 Å². The van der Waals surface area contributed by atoms with Crippen molar-refractivity contribution in [2.24, 2.45) is 0 Å². The first-order valence-corrected chi connectivity index (χ1v) is 7.66. The van der Waals surface area contributed by atoms with Gasteiger partial charge in [0.2, 0.25) is 0 Å². The van der Waals surface area contributed by atoms with Gasteiger partial charge < -0.3 is 9.64 Å². The molecule has 0 atom stereocenters. The zero-order valence-corrected chi connectivity index (χ0v) is 13.1. The van der Waals surface area contributed by atoms with Gasteiger partial charge in [0.15, 0.2) is 0 Å². The molecule has 1 aliphatic rings. The lowest BCUT2D eigenvalue weighted by Gasteiger charge is -2.35. The molecule has 4 nitrogen and oxygen atoms in total. The van der Waals surface area contributed by atoms with Crippen molar-refractivity contribution < 1.29 is 4.74 Å². The van der Waals surface area contributed by atoms with Gasteiger partial charge in [0, 0.05) is 12.6 Å². The molecule has 0 saturated carbocycles. The second kappa shape index (κ2) is 8.02.